The second kappa shape index (κ2) is 9.09. The van der Waals surface area contributed by atoms with Gasteiger partial charge in [-0.25, -0.2) is 4.98 Å². The summed E-state index contributed by atoms with van der Waals surface area (Å²) in [6.45, 7) is 8.16. The zero-order chi connectivity index (χ0) is 20.3. The number of anilines is 2. The highest BCUT2D eigenvalue weighted by atomic mass is 16.5. The molecule has 1 aliphatic carbocycles. The molecule has 7 heteroatoms. The van der Waals surface area contributed by atoms with Gasteiger partial charge in [-0.2, -0.15) is 5.26 Å². The van der Waals surface area contributed by atoms with Crippen molar-refractivity contribution in [1.82, 2.24) is 9.88 Å². The molecule has 3 aliphatic heterocycles. The van der Waals surface area contributed by atoms with Gasteiger partial charge in [0.2, 0.25) is 0 Å². The Bertz CT molecular complexity index is 790. The summed E-state index contributed by atoms with van der Waals surface area (Å²) in [6.07, 6.45) is 7.68. The first-order valence-electron chi connectivity index (χ1n) is 11.7. The molecular weight excluding hydrogens is 378 g/mol. The Morgan fingerprint density at radius 1 is 0.867 bits per heavy atom. The fraction of sp³-hybridized carbons (Fsp3) is 0.739. The molecule has 0 unspecified atom stereocenters. The molecule has 7 nitrogen and oxygen atoms in total. The van der Waals surface area contributed by atoms with Crippen molar-refractivity contribution in [3.8, 4) is 6.07 Å². The van der Waals surface area contributed by atoms with Crippen molar-refractivity contribution >= 4 is 11.5 Å². The standard InChI is InChI=1S/C23H33N5O2/c24-16-19-22(26-8-12-29-13-9-26)20-17-28(18-4-2-1-3-5-18)7-6-21(20)25-23(19)27-10-14-30-15-11-27/h18H,1-15,17H2. The van der Waals surface area contributed by atoms with Crippen LogP contribution in [0.5, 0.6) is 0 Å². The topological polar surface area (TPSA) is 64.9 Å². The first-order chi connectivity index (χ1) is 14.8. The molecule has 0 radical (unpaired) electrons. The van der Waals surface area contributed by atoms with E-state index in [4.69, 9.17) is 14.5 Å². The quantitative estimate of drug-likeness (QED) is 0.756. The van der Waals surface area contributed by atoms with Crippen LogP contribution in [0.1, 0.15) is 48.9 Å². The number of nitrogens with zero attached hydrogens (tertiary/aromatic N) is 5. The fourth-order valence-corrected chi connectivity index (χ4v) is 5.55. The third-order valence-electron chi connectivity index (χ3n) is 7.17. The molecule has 0 N–H and O–H groups in total. The number of ether oxygens (including phenoxy) is 2. The van der Waals surface area contributed by atoms with Crippen LogP contribution in [-0.2, 0) is 22.4 Å². The summed E-state index contributed by atoms with van der Waals surface area (Å²) >= 11 is 0. The Morgan fingerprint density at radius 2 is 1.53 bits per heavy atom. The molecule has 5 rings (SSSR count). The number of fused-ring (bicyclic) bond motifs is 1. The number of morpholine rings is 2. The van der Waals surface area contributed by atoms with E-state index in [1.165, 1.54) is 43.4 Å². The van der Waals surface area contributed by atoms with E-state index in [1.54, 1.807) is 0 Å². The molecule has 1 aromatic rings. The molecule has 0 bridgehead atoms. The summed E-state index contributed by atoms with van der Waals surface area (Å²) in [4.78, 5) is 12.4. The summed E-state index contributed by atoms with van der Waals surface area (Å²) in [5, 5.41) is 10.3. The first-order valence-corrected chi connectivity index (χ1v) is 11.7. The van der Waals surface area contributed by atoms with Crippen LogP contribution in [-0.4, -0.2) is 75.1 Å². The minimum absolute atomic E-state index is 0.689. The molecule has 30 heavy (non-hydrogen) atoms. The predicted octanol–water partition coefficient (Wildman–Crippen LogP) is 2.32. The number of hydrogen-bond donors (Lipinski definition) is 0. The van der Waals surface area contributed by atoms with Crippen LogP contribution in [0.15, 0.2) is 0 Å². The molecule has 162 valence electrons. The van der Waals surface area contributed by atoms with E-state index in [0.717, 1.165) is 76.0 Å². The van der Waals surface area contributed by atoms with Gasteiger partial charge in [0.15, 0.2) is 0 Å². The lowest BCUT2D eigenvalue weighted by molar-refractivity contribution is 0.121. The van der Waals surface area contributed by atoms with Gasteiger partial charge in [0.1, 0.15) is 17.5 Å². The van der Waals surface area contributed by atoms with Crippen LogP contribution in [0.2, 0.25) is 0 Å². The zero-order valence-electron chi connectivity index (χ0n) is 17.9. The predicted molar refractivity (Wildman–Crippen MR) is 116 cm³/mol. The highest BCUT2D eigenvalue weighted by Gasteiger charge is 2.33. The van der Waals surface area contributed by atoms with Crippen molar-refractivity contribution in [2.45, 2.75) is 51.1 Å². The number of pyridine rings is 1. The van der Waals surface area contributed by atoms with Crippen LogP contribution in [0, 0.1) is 11.3 Å². The van der Waals surface area contributed by atoms with Crippen LogP contribution >= 0.6 is 0 Å². The van der Waals surface area contributed by atoms with E-state index in [1.807, 2.05) is 0 Å². The van der Waals surface area contributed by atoms with Crippen molar-refractivity contribution in [3.05, 3.63) is 16.8 Å². The van der Waals surface area contributed by atoms with Gasteiger partial charge in [0.25, 0.3) is 0 Å². The molecule has 4 heterocycles. The number of rotatable bonds is 3. The second-order valence-corrected chi connectivity index (χ2v) is 8.91. The summed E-state index contributed by atoms with van der Waals surface area (Å²) in [6, 6.07) is 3.25. The lowest BCUT2D eigenvalue weighted by atomic mass is 9.91. The highest BCUT2D eigenvalue weighted by molar-refractivity contribution is 5.75. The Kier molecular flexibility index (Phi) is 6.07. The largest absolute Gasteiger partial charge is 0.378 e. The highest BCUT2D eigenvalue weighted by Crippen LogP contribution is 2.38. The normalized spacial score (nSPS) is 23.8. The van der Waals surface area contributed by atoms with Crippen LogP contribution < -0.4 is 9.80 Å². The maximum absolute atomic E-state index is 10.3. The molecule has 0 atom stereocenters. The SMILES string of the molecule is N#Cc1c(N2CCOCC2)nc2c(c1N1CCOCC1)CN(C1CCCCC1)CC2. The van der Waals surface area contributed by atoms with Gasteiger partial charge in [-0.3, -0.25) is 4.90 Å². The molecule has 2 saturated heterocycles. The van der Waals surface area contributed by atoms with Gasteiger partial charge in [0.05, 0.1) is 37.8 Å². The monoisotopic (exact) mass is 411 g/mol. The van der Waals surface area contributed by atoms with E-state index in [0.29, 0.717) is 19.3 Å². The summed E-state index contributed by atoms with van der Waals surface area (Å²) in [5.41, 5.74) is 4.38. The lowest BCUT2D eigenvalue weighted by Crippen LogP contribution is -2.44. The van der Waals surface area contributed by atoms with Gasteiger partial charge < -0.3 is 19.3 Å². The Labute approximate surface area is 179 Å². The van der Waals surface area contributed by atoms with E-state index < -0.39 is 0 Å². The second-order valence-electron chi connectivity index (χ2n) is 8.91. The molecule has 3 fully saturated rings. The fourth-order valence-electron chi connectivity index (χ4n) is 5.55. The minimum atomic E-state index is 0.689. The summed E-state index contributed by atoms with van der Waals surface area (Å²) in [5.74, 6) is 0.868. The third-order valence-corrected chi connectivity index (χ3v) is 7.17. The molecule has 4 aliphatic rings. The minimum Gasteiger partial charge on any atom is -0.378 e. The average molecular weight is 412 g/mol. The van der Waals surface area contributed by atoms with Crippen molar-refractivity contribution in [1.29, 1.82) is 5.26 Å². The first kappa shape index (κ1) is 20.0. The van der Waals surface area contributed by atoms with E-state index in [2.05, 4.69) is 20.8 Å². The van der Waals surface area contributed by atoms with Gasteiger partial charge in [-0.05, 0) is 12.8 Å². The molecule has 1 aromatic heterocycles. The lowest BCUT2D eigenvalue weighted by Gasteiger charge is -2.41. The van der Waals surface area contributed by atoms with Crippen molar-refractivity contribution in [3.63, 3.8) is 0 Å². The molecule has 0 amide bonds. The van der Waals surface area contributed by atoms with E-state index in [-0.39, 0.29) is 0 Å². The van der Waals surface area contributed by atoms with Crippen molar-refractivity contribution in [2.75, 3.05) is 69.0 Å². The number of nitriles is 1. The van der Waals surface area contributed by atoms with Crippen molar-refractivity contribution < 1.29 is 9.47 Å². The molecular formula is C23H33N5O2. The number of aromatic nitrogens is 1. The van der Waals surface area contributed by atoms with Crippen LogP contribution in [0.4, 0.5) is 11.5 Å². The molecule has 1 saturated carbocycles. The Morgan fingerprint density at radius 3 is 2.20 bits per heavy atom. The Balaban J connectivity index is 1.55. The average Bonchev–Trinajstić information content (AvgIpc) is 2.84. The Hall–Kier alpha value is -1.88. The van der Waals surface area contributed by atoms with Gasteiger partial charge in [0, 0.05) is 57.3 Å². The molecule has 0 spiro atoms. The summed E-state index contributed by atoms with van der Waals surface area (Å²) in [7, 11) is 0. The van der Waals surface area contributed by atoms with E-state index in [9.17, 15) is 5.26 Å². The van der Waals surface area contributed by atoms with Gasteiger partial charge in [-0.1, -0.05) is 19.3 Å². The maximum Gasteiger partial charge on any atom is 0.149 e. The van der Waals surface area contributed by atoms with E-state index >= 15 is 0 Å². The summed E-state index contributed by atoms with van der Waals surface area (Å²) < 4.78 is 11.2. The van der Waals surface area contributed by atoms with Gasteiger partial charge in [-0.15, -0.1) is 0 Å². The zero-order valence-corrected chi connectivity index (χ0v) is 17.9. The van der Waals surface area contributed by atoms with Gasteiger partial charge >= 0.3 is 0 Å². The smallest absolute Gasteiger partial charge is 0.149 e. The van der Waals surface area contributed by atoms with Crippen molar-refractivity contribution in [2.24, 2.45) is 0 Å². The third kappa shape index (κ3) is 3.89. The molecule has 0 aromatic carbocycles. The number of hydrogen-bond acceptors (Lipinski definition) is 7. The van der Waals surface area contributed by atoms with Crippen LogP contribution in [0.25, 0.3) is 0 Å². The van der Waals surface area contributed by atoms with Crippen LogP contribution in [0.3, 0.4) is 0 Å². The maximum atomic E-state index is 10.3.